The highest BCUT2D eigenvalue weighted by Gasteiger charge is 2.21. The molecule has 7 heteroatoms. The molecule has 0 spiro atoms. The number of hydrogen-bond acceptors (Lipinski definition) is 3. The molecule has 3 N–H and O–H groups in total. The Bertz CT molecular complexity index is 1100. The van der Waals surface area contributed by atoms with Gasteiger partial charge in [0.05, 0.1) is 11.7 Å². The Balaban J connectivity index is 0.00000289. The van der Waals surface area contributed by atoms with Gasteiger partial charge in [-0.15, -0.1) is 12.4 Å². The molecule has 1 aliphatic rings. The molecule has 0 radical (unpaired) electrons. The maximum Gasteiger partial charge on any atom is 0.335 e. The van der Waals surface area contributed by atoms with E-state index in [0.29, 0.717) is 17.1 Å². The first-order valence-corrected chi connectivity index (χ1v) is 10.6. The van der Waals surface area contributed by atoms with Gasteiger partial charge in [0.15, 0.2) is 0 Å². The van der Waals surface area contributed by atoms with Gasteiger partial charge in [0.25, 0.3) is 0 Å². The summed E-state index contributed by atoms with van der Waals surface area (Å²) < 4.78 is 14.5. The highest BCUT2D eigenvalue weighted by Crippen LogP contribution is 2.30. The summed E-state index contributed by atoms with van der Waals surface area (Å²) in [5.41, 5.74) is 4.25. The van der Waals surface area contributed by atoms with Crippen LogP contribution in [0.2, 0.25) is 5.02 Å². The van der Waals surface area contributed by atoms with Crippen molar-refractivity contribution in [2.75, 3.05) is 6.54 Å². The molecule has 2 atom stereocenters. The van der Waals surface area contributed by atoms with E-state index in [9.17, 15) is 14.3 Å². The minimum absolute atomic E-state index is 0. The van der Waals surface area contributed by atoms with E-state index in [0.717, 1.165) is 42.0 Å². The Morgan fingerprint density at radius 2 is 1.84 bits per heavy atom. The van der Waals surface area contributed by atoms with Crippen molar-refractivity contribution in [1.29, 1.82) is 0 Å². The first-order chi connectivity index (χ1) is 14.9. The fourth-order valence-corrected chi connectivity index (χ4v) is 4.19. The van der Waals surface area contributed by atoms with Gasteiger partial charge in [-0.3, -0.25) is 0 Å². The zero-order valence-corrected chi connectivity index (χ0v) is 18.8. The number of aromatic carboxylic acids is 1. The number of fused-ring (bicyclic) bond motifs is 1. The molecule has 0 aromatic heterocycles. The number of halogens is 3. The number of benzene rings is 3. The van der Waals surface area contributed by atoms with Crippen molar-refractivity contribution >= 4 is 30.0 Å². The molecule has 0 amide bonds. The van der Waals surface area contributed by atoms with Crippen LogP contribution in [0.25, 0.3) is 11.1 Å². The topological polar surface area (TPSA) is 69.6 Å². The Hall–Kier alpha value is -2.44. The van der Waals surface area contributed by atoms with Crippen LogP contribution in [0.1, 0.15) is 39.6 Å². The van der Waals surface area contributed by atoms with Crippen molar-refractivity contribution in [3.8, 4) is 11.1 Å². The minimum Gasteiger partial charge on any atom is -0.478 e. The van der Waals surface area contributed by atoms with E-state index >= 15 is 0 Å². The number of carbonyl (C=O) groups is 1. The molecule has 0 saturated heterocycles. The first-order valence-electron chi connectivity index (χ1n) is 10.2. The van der Waals surface area contributed by atoms with Gasteiger partial charge in [0.1, 0.15) is 5.82 Å². The van der Waals surface area contributed by atoms with E-state index in [1.54, 1.807) is 12.1 Å². The van der Waals surface area contributed by atoms with Crippen LogP contribution in [0.3, 0.4) is 0 Å². The lowest BCUT2D eigenvalue weighted by Gasteiger charge is -2.27. The molecule has 3 aromatic carbocycles. The summed E-state index contributed by atoms with van der Waals surface area (Å²) in [4.78, 5) is 11.0. The highest BCUT2D eigenvalue weighted by molar-refractivity contribution is 6.30. The van der Waals surface area contributed by atoms with Crippen molar-refractivity contribution in [2.24, 2.45) is 0 Å². The van der Waals surface area contributed by atoms with Crippen molar-refractivity contribution in [3.63, 3.8) is 0 Å². The van der Waals surface area contributed by atoms with E-state index in [2.05, 4.69) is 5.32 Å². The number of aliphatic hydroxyl groups excluding tert-OH is 1. The van der Waals surface area contributed by atoms with E-state index in [-0.39, 0.29) is 24.0 Å². The Morgan fingerprint density at radius 1 is 1.09 bits per heavy atom. The largest absolute Gasteiger partial charge is 0.478 e. The average Bonchev–Trinajstić information content (AvgIpc) is 2.77. The summed E-state index contributed by atoms with van der Waals surface area (Å²) in [6.07, 6.45) is 2.03. The number of hydrogen-bond donors (Lipinski definition) is 3. The molecule has 0 bridgehead atoms. The van der Waals surface area contributed by atoms with Crippen LogP contribution in [-0.4, -0.2) is 28.8 Å². The van der Waals surface area contributed by atoms with E-state index in [1.165, 1.54) is 17.7 Å². The minimum atomic E-state index is -1.15. The van der Waals surface area contributed by atoms with Crippen LogP contribution in [0.15, 0.2) is 60.7 Å². The number of rotatable bonds is 6. The normalized spacial score (nSPS) is 16.0. The zero-order chi connectivity index (χ0) is 22.0. The standard InChI is InChI=1S/C25H23ClFNO3.ClH/c26-20-7-3-16(4-8-20)24(29)14-28-21-9-5-15-1-2-17(11-19(15)12-21)22-10-6-18(25(30)31)13-23(22)27;/h1-4,6-8,10-11,13,21,24,28-29H,5,9,12,14H2,(H,30,31);1H/t21-,24-;/m0./s1. The molecule has 0 aliphatic heterocycles. The van der Waals surface area contributed by atoms with Crippen LogP contribution in [0, 0.1) is 5.82 Å². The fraction of sp³-hybridized carbons (Fsp3) is 0.240. The van der Waals surface area contributed by atoms with Crippen molar-refractivity contribution in [3.05, 3.63) is 93.8 Å². The second kappa shape index (κ2) is 10.5. The summed E-state index contributed by atoms with van der Waals surface area (Å²) in [6, 6.07) is 17.3. The molecule has 0 heterocycles. The van der Waals surface area contributed by atoms with E-state index in [1.807, 2.05) is 30.3 Å². The molecule has 4 rings (SSSR count). The Labute approximate surface area is 197 Å². The smallest absolute Gasteiger partial charge is 0.335 e. The lowest BCUT2D eigenvalue weighted by Crippen LogP contribution is -2.37. The Morgan fingerprint density at radius 3 is 2.53 bits per heavy atom. The molecule has 3 aromatic rings. The number of nitrogens with one attached hydrogen (secondary N) is 1. The summed E-state index contributed by atoms with van der Waals surface area (Å²) in [6.45, 7) is 0.437. The molecular formula is C25H24Cl2FNO3. The van der Waals surface area contributed by atoms with E-state index < -0.39 is 17.9 Å². The molecule has 0 fully saturated rings. The molecule has 0 saturated carbocycles. The number of aliphatic hydroxyl groups is 1. The molecule has 0 unspecified atom stereocenters. The van der Waals surface area contributed by atoms with Crippen LogP contribution in [-0.2, 0) is 12.8 Å². The molecule has 4 nitrogen and oxygen atoms in total. The molecular weight excluding hydrogens is 452 g/mol. The number of carboxylic acids is 1. The van der Waals surface area contributed by atoms with Crippen molar-refractivity contribution in [1.82, 2.24) is 5.32 Å². The van der Waals surface area contributed by atoms with Gasteiger partial charge in [-0.2, -0.15) is 0 Å². The summed E-state index contributed by atoms with van der Waals surface area (Å²) in [5.74, 6) is -1.69. The third kappa shape index (κ3) is 5.48. The summed E-state index contributed by atoms with van der Waals surface area (Å²) in [5, 5.41) is 23.5. The summed E-state index contributed by atoms with van der Waals surface area (Å²) >= 11 is 5.90. The quantitative estimate of drug-likeness (QED) is 0.443. The predicted molar refractivity (Wildman–Crippen MR) is 126 cm³/mol. The molecule has 168 valence electrons. The van der Waals surface area contributed by atoms with Crippen molar-refractivity contribution in [2.45, 2.75) is 31.4 Å². The van der Waals surface area contributed by atoms with Crippen molar-refractivity contribution < 1.29 is 19.4 Å². The van der Waals surface area contributed by atoms with Gasteiger partial charge >= 0.3 is 5.97 Å². The average molecular weight is 476 g/mol. The van der Waals surface area contributed by atoms with Crippen LogP contribution in [0.5, 0.6) is 0 Å². The molecule has 1 aliphatic carbocycles. The van der Waals surface area contributed by atoms with Crippen LogP contribution >= 0.6 is 24.0 Å². The highest BCUT2D eigenvalue weighted by atomic mass is 35.5. The van der Waals surface area contributed by atoms with Gasteiger partial charge in [-0.25, -0.2) is 9.18 Å². The fourth-order valence-electron chi connectivity index (χ4n) is 4.06. The Kier molecular flexibility index (Phi) is 7.91. The van der Waals surface area contributed by atoms with Crippen LogP contribution < -0.4 is 5.32 Å². The predicted octanol–water partition coefficient (Wildman–Crippen LogP) is 5.45. The second-order valence-electron chi connectivity index (χ2n) is 7.90. The third-order valence-electron chi connectivity index (χ3n) is 5.82. The number of aryl methyl sites for hydroxylation is 1. The van der Waals surface area contributed by atoms with E-state index in [4.69, 9.17) is 16.7 Å². The maximum absolute atomic E-state index is 14.5. The molecule has 32 heavy (non-hydrogen) atoms. The lowest BCUT2D eigenvalue weighted by molar-refractivity contribution is 0.0696. The number of carboxylic acid groups (broad SMARTS) is 1. The maximum atomic E-state index is 14.5. The summed E-state index contributed by atoms with van der Waals surface area (Å²) in [7, 11) is 0. The second-order valence-corrected chi connectivity index (χ2v) is 8.34. The SMILES string of the molecule is Cl.O=C(O)c1ccc(-c2ccc3c(c2)C[C@@H](NC[C@H](O)c2ccc(Cl)cc2)CC3)c(F)c1. The zero-order valence-electron chi connectivity index (χ0n) is 17.2. The first kappa shape index (κ1) is 24.2. The van der Waals surface area contributed by atoms with Gasteiger partial charge in [0, 0.05) is 23.2 Å². The van der Waals surface area contributed by atoms with Gasteiger partial charge in [-0.1, -0.05) is 48.0 Å². The van der Waals surface area contributed by atoms with Crippen LogP contribution in [0.4, 0.5) is 4.39 Å². The van der Waals surface area contributed by atoms with Gasteiger partial charge in [-0.05, 0) is 65.8 Å². The van der Waals surface area contributed by atoms with Gasteiger partial charge < -0.3 is 15.5 Å². The monoisotopic (exact) mass is 475 g/mol. The van der Waals surface area contributed by atoms with Gasteiger partial charge in [0.2, 0.25) is 0 Å². The lowest BCUT2D eigenvalue weighted by atomic mass is 9.86. The third-order valence-corrected chi connectivity index (χ3v) is 6.07.